The Bertz CT molecular complexity index is 1540. The lowest BCUT2D eigenvalue weighted by atomic mass is 10.1. The van der Waals surface area contributed by atoms with Gasteiger partial charge < -0.3 is 24.8 Å². The number of carbonyl (C=O) groups excluding carboxylic acids is 1. The van der Waals surface area contributed by atoms with Crippen LogP contribution in [-0.2, 0) is 20.8 Å². The second-order valence-electron chi connectivity index (χ2n) is 10.8. The van der Waals surface area contributed by atoms with E-state index >= 15 is 0 Å². The zero-order valence-corrected chi connectivity index (χ0v) is 25.7. The Labute approximate surface area is 264 Å². The van der Waals surface area contributed by atoms with Gasteiger partial charge in [-0.3, -0.25) is 4.79 Å². The van der Waals surface area contributed by atoms with Crippen molar-refractivity contribution >= 4 is 21.4 Å². The van der Waals surface area contributed by atoms with E-state index in [0.717, 1.165) is 12.1 Å². The van der Waals surface area contributed by atoms with E-state index in [0.29, 0.717) is 24.2 Å². The van der Waals surface area contributed by atoms with Gasteiger partial charge in [0.05, 0.1) is 54.7 Å². The molecular formula is C32H35F5N2O6S. The number of nitrogens with zero attached hydrogens (tertiary/aromatic N) is 1. The molecular weight excluding hydrogens is 635 g/mol. The zero-order chi connectivity index (χ0) is 33.5. The van der Waals surface area contributed by atoms with Gasteiger partial charge in [-0.25, -0.2) is 17.2 Å². The SMILES string of the molecule is CCS(=O)(=O)c1ccc([C@H](CO)NC(=O)c2ccc(N3C[C@H](Oc4ccc(C(F)(F)F)cc4)C[C@H]3COCCC(F)F)cc2)cc1. The summed E-state index contributed by atoms with van der Waals surface area (Å²) in [5.41, 5.74) is 0.694. The smallest absolute Gasteiger partial charge is 0.416 e. The molecule has 1 fully saturated rings. The average Bonchev–Trinajstić information content (AvgIpc) is 3.43. The van der Waals surface area contributed by atoms with Crippen molar-refractivity contribution < 1.29 is 49.7 Å². The fourth-order valence-corrected chi connectivity index (χ4v) is 5.98. The Kier molecular flexibility index (Phi) is 11.6. The van der Waals surface area contributed by atoms with E-state index in [1.165, 1.54) is 43.3 Å². The van der Waals surface area contributed by atoms with E-state index in [9.17, 15) is 40.3 Å². The molecule has 0 bridgehead atoms. The molecule has 250 valence electrons. The number of anilines is 1. The molecule has 3 atom stereocenters. The number of nitrogens with one attached hydrogen (secondary N) is 1. The lowest BCUT2D eigenvalue weighted by Gasteiger charge is -2.26. The Balaban J connectivity index is 1.44. The van der Waals surface area contributed by atoms with Gasteiger partial charge in [-0.1, -0.05) is 19.1 Å². The molecule has 0 aliphatic carbocycles. The number of halogens is 5. The third-order valence-corrected chi connectivity index (χ3v) is 9.37. The largest absolute Gasteiger partial charge is 0.489 e. The molecule has 46 heavy (non-hydrogen) atoms. The number of ether oxygens (including phenoxy) is 2. The summed E-state index contributed by atoms with van der Waals surface area (Å²) in [6, 6.07) is 15.7. The molecule has 1 aliphatic rings. The van der Waals surface area contributed by atoms with Crippen LogP contribution in [0.25, 0.3) is 0 Å². The van der Waals surface area contributed by atoms with Gasteiger partial charge in [0.1, 0.15) is 11.9 Å². The minimum atomic E-state index is -4.48. The molecule has 2 N–H and O–H groups in total. The fourth-order valence-electron chi connectivity index (χ4n) is 5.09. The number of sulfone groups is 1. The van der Waals surface area contributed by atoms with Gasteiger partial charge in [0, 0.05) is 24.1 Å². The predicted molar refractivity (Wildman–Crippen MR) is 161 cm³/mol. The first-order valence-electron chi connectivity index (χ1n) is 14.6. The highest BCUT2D eigenvalue weighted by Crippen LogP contribution is 2.32. The first-order valence-corrected chi connectivity index (χ1v) is 16.3. The maximum absolute atomic E-state index is 13.0. The van der Waals surface area contributed by atoms with Crippen molar-refractivity contribution in [3.05, 3.63) is 89.5 Å². The molecule has 1 heterocycles. The van der Waals surface area contributed by atoms with Crippen molar-refractivity contribution in [2.45, 2.75) is 55.5 Å². The summed E-state index contributed by atoms with van der Waals surface area (Å²) in [5.74, 6) is -0.281. The second kappa shape index (κ2) is 15.2. The topological polar surface area (TPSA) is 105 Å². The van der Waals surface area contributed by atoms with Crippen molar-refractivity contribution in [1.29, 1.82) is 0 Å². The number of aliphatic hydroxyl groups excluding tert-OH is 1. The lowest BCUT2D eigenvalue weighted by Crippen LogP contribution is -2.34. The quantitative estimate of drug-likeness (QED) is 0.169. The van der Waals surface area contributed by atoms with Gasteiger partial charge in [-0.15, -0.1) is 0 Å². The fraction of sp³-hybridized carbons (Fsp3) is 0.406. The zero-order valence-electron chi connectivity index (χ0n) is 24.9. The van der Waals surface area contributed by atoms with E-state index in [4.69, 9.17) is 9.47 Å². The molecule has 0 radical (unpaired) electrons. The van der Waals surface area contributed by atoms with Crippen molar-refractivity contribution in [2.24, 2.45) is 0 Å². The highest BCUT2D eigenvalue weighted by Gasteiger charge is 2.35. The molecule has 0 aromatic heterocycles. The van der Waals surface area contributed by atoms with Crippen LogP contribution < -0.4 is 15.0 Å². The van der Waals surface area contributed by atoms with Crippen molar-refractivity contribution in [2.75, 3.05) is 37.0 Å². The van der Waals surface area contributed by atoms with Gasteiger partial charge in [0.25, 0.3) is 5.91 Å². The third kappa shape index (κ3) is 9.17. The maximum Gasteiger partial charge on any atom is 0.416 e. The van der Waals surface area contributed by atoms with E-state index in [1.54, 1.807) is 24.3 Å². The number of alkyl halides is 5. The van der Waals surface area contributed by atoms with Crippen molar-refractivity contribution in [1.82, 2.24) is 5.32 Å². The number of hydrogen-bond donors (Lipinski definition) is 2. The number of hydrogen-bond acceptors (Lipinski definition) is 7. The Hall–Kier alpha value is -3.75. The number of amides is 1. The van der Waals surface area contributed by atoms with Gasteiger partial charge in [-0.05, 0) is 66.2 Å². The summed E-state index contributed by atoms with van der Waals surface area (Å²) in [7, 11) is -3.40. The van der Waals surface area contributed by atoms with E-state index < -0.39 is 59.1 Å². The minimum Gasteiger partial charge on any atom is -0.489 e. The van der Waals surface area contributed by atoms with E-state index in [1.807, 2.05) is 4.90 Å². The van der Waals surface area contributed by atoms with Gasteiger partial charge in [-0.2, -0.15) is 13.2 Å². The minimum absolute atomic E-state index is 0.0563. The van der Waals surface area contributed by atoms with Crippen molar-refractivity contribution in [3.8, 4) is 5.75 Å². The summed E-state index contributed by atoms with van der Waals surface area (Å²) < 4.78 is 99.7. The number of carbonyl (C=O) groups is 1. The molecule has 0 unspecified atom stereocenters. The maximum atomic E-state index is 13.0. The van der Waals surface area contributed by atoms with Gasteiger partial charge in [0.2, 0.25) is 6.43 Å². The second-order valence-corrected chi connectivity index (χ2v) is 13.1. The normalized spacial score (nSPS) is 17.7. The van der Waals surface area contributed by atoms with E-state index in [2.05, 4.69) is 5.32 Å². The van der Waals surface area contributed by atoms with Gasteiger partial charge in [0.15, 0.2) is 9.84 Å². The molecule has 1 amide bonds. The lowest BCUT2D eigenvalue weighted by molar-refractivity contribution is -0.137. The number of rotatable bonds is 14. The van der Waals surface area contributed by atoms with Crippen molar-refractivity contribution in [3.63, 3.8) is 0 Å². The van der Waals surface area contributed by atoms with Crippen LogP contribution in [0.2, 0.25) is 0 Å². The molecule has 3 aromatic rings. The molecule has 1 aliphatic heterocycles. The molecule has 0 spiro atoms. The molecule has 1 saturated heterocycles. The Morgan fingerprint density at radius 2 is 1.67 bits per heavy atom. The van der Waals surface area contributed by atoms with Crippen LogP contribution in [0.1, 0.15) is 47.3 Å². The first kappa shape index (κ1) is 35.1. The van der Waals surface area contributed by atoms with Gasteiger partial charge >= 0.3 is 6.18 Å². The third-order valence-electron chi connectivity index (χ3n) is 7.62. The van der Waals surface area contributed by atoms with Crippen LogP contribution >= 0.6 is 0 Å². The molecule has 8 nitrogen and oxygen atoms in total. The molecule has 14 heteroatoms. The monoisotopic (exact) mass is 670 g/mol. The summed E-state index contributed by atoms with van der Waals surface area (Å²) >= 11 is 0. The average molecular weight is 671 g/mol. The molecule has 4 rings (SSSR count). The van der Waals surface area contributed by atoms with Crippen LogP contribution in [0.4, 0.5) is 27.6 Å². The summed E-state index contributed by atoms with van der Waals surface area (Å²) in [6.07, 6.45) is -7.42. The standard InChI is InChI=1S/C32H35F5N2O6S/c1-2-46(42,43)28-13-5-21(6-14-28)29(19-40)38-31(41)22-3-9-24(10-4-22)39-18-27(17-25(39)20-44-16-15-30(33)34)45-26-11-7-23(8-12-26)32(35,36)37/h3-14,25,27,29-30,40H,2,15-20H2,1H3,(H,38,41)/t25-,27+,29-/m0/s1. The molecule has 3 aromatic carbocycles. The van der Waals surface area contributed by atoms with Crippen LogP contribution in [-0.4, -0.2) is 70.1 Å². The van der Waals surface area contributed by atoms with Crippen LogP contribution in [0, 0.1) is 0 Å². The highest BCUT2D eigenvalue weighted by molar-refractivity contribution is 7.91. The summed E-state index contributed by atoms with van der Waals surface area (Å²) in [6.45, 7) is 1.40. The molecule has 0 saturated carbocycles. The predicted octanol–water partition coefficient (Wildman–Crippen LogP) is 5.66. The van der Waals surface area contributed by atoms with Crippen LogP contribution in [0.3, 0.4) is 0 Å². The summed E-state index contributed by atoms with van der Waals surface area (Å²) in [5, 5.41) is 12.6. The first-order chi connectivity index (χ1) is 21.8. The Morgan fingerprint density at radius 3 is 2.24 bits per heavy atom. The van der Waals surface area contributed by atoms with E-state index in [-0.39, 0.29) is 41.2 Å². The number of aliphatic hydroxyl groups is 1. The highest BCUT2D eigenvalue weighted by atomic mass is 32.2. The van der Waals surface area contributed by atoms with Crippen LogP contribution in [0.15, 0.2) is 77.7 Å². The summed E-state index contributed by atoms with van der Waals surface area (Å²) in [4.78, 5) is 15.1. The Morgan fingerprint density at radius 1 is 1.02 bits per heavy atom. The van der Waals surface area contributed by atoms with Crippen LogP contribution in [0.5, 0.6) is 5.75 Å². The number of benzene rings is 3.